The van der Waals surface area contributed by atoms with Gasteiger partial charge < -0.3 is 4.74 Å². The first-order chi connectivity index (χ1) is 11.8. The van der Waals surface area contributed by atoms with Gasteiger partial charge >= 0.3 is 5.97 Å². The van der Waals surface area contributed by atoms with Crippen molar-refractivity contribution in [1.82, 2.24) is 0 Å². The van der Waals surface area contributed by atoms with Crippen LogP contribution in [-0.2, 0) is 14.8 Å². The number of non-ortho nitro benzene ring substituents is 1. The number of carbonyl (C=O) groups excluding carboxylic acids is 1. The Bertz CT molecular complexity index is 861. The summed E-state index contributed by atoms with van der Waals surface area (Å²) in [5, 5.41) is 10.6. The molecule has 9 heteroatoms. The Labute approximate surface area is 144 Å². The highest BCUT2D eigenvalue weighted by Crippen LogP contribution is 2.19. The summed E-state index contributed by atoms with van der Waals surface area (Å²) >= 11 is 0. The van der Waals surface area contributed by atoms with Gasteiger partial charge in [-0.1, -0.05) is 6.92 Å². The molecule has 1 N–H and O–H groups in total. The molecule has 2 aromatic rings. The molecule has 0 fully saturated rings. The maximum atomic E-state index is 12.3. The third-order valence-corrected chi connectivity index (χ3v) is 4.57. The minimum atomic E-state index is -3.89. The lowest BCUT2D eigenvalue weighted by Crippen LogP contribution is -2.13. The third-order valence-electron chi connectivity index (χ3n) is 3.17. The lowest BCUT2D eigenvalue weighted by Gasteiger charge is -2.09. The molecule has 0 bridgehead atoms. The van der Waals surface area contributed by atoms with Gasteiger partial charge in [0.05, 0.1) is 22.0 Å². The van der Waals surface area contributed by atoms with Crippen molar-refractivity contribution in [2.75, 3.05) is 11.3 Å². The van der Waals surface area contributed by atoms with Gasteiger partial charge in [-0.25, -0.2) is 13.2 Å². The van der Waals surface area contributed by atoms with Crippen LogP contribution in [0.2, 0.25) is 0 Å². The summed E-state index contributed by atoms with van der Waals surface area (Å²) in [7, 11) is -3.89. The number of sulfonamides is 1. The minimum absolute atomic E-state index is 0.107. The van der Waals surface area contributed by atoms with E-state index in [1.807, 2.05) is 6.92 Å². The second-order valence-corrected chi connectivity index (χ2v) is 6.75. The maximum absolute atomic E-state index is 12.3. The highest BCUT2D eigenvalue weighted by Gasteiger charge is 2.16. The van der Waals surface area contributed by atoms with Crippen molar-refractivity contribution in [2.45, 2.75) is 18.2 Å². The number of carbonyl (C=O) groups is 1. The van der Waals surface area contributed by atoms with E-state index in [1.165, 1.54) is 24.3 Å². The van der Waals surface area contributed by atoms with Crippen molar-refractivity contribution in [3.63, 3.8) is 0 Å². The van der Waals surface area contributed by atoms with Gasteiger partial charge in [0.15, 0.2) is 0 Å². The van der Waals surface area contributed by atoms with Crippen LogP contribution in [0, 0.1) is 10.1 Å². The average Bonchev–Trinajstić information content (AvgIpc) is 2.60. The summed E-state index contributed by atoms with van der Waals surface area (Å²) < 4.78 is 31.9. The number of nitrogens with one attached hydrogen (secondary N) is 1. The lowest BCUT2D eigenvalue weighted by molar-refractivity contribution is -0.384. The van der Waals surface area contributed by atoms with E-state index in [9.17, 15) is 23.3 Å². The number of ether oxygens (including phenoxy) is 1. The zero-order valence-corrected chi connectivity index (χ0v) is 14.2. The van der Waals surface area contributed by atoms with Gasteiger partial charge in [0.25, 0.3) is 15.7 Å². The van der Waals surface area contributed by atoms with Gasteiger partial charge in [-0.15, -0.1) is 0 Å². The van der Waals surface area contributed by atoms with Gasteiger partial charge in [-0.2, -0.15) is 0 Å². The summed E-state index contributed by atoms with van der Waals surface area (Å²) in [6, 6.07) is 10.3. The molecule has 0 spiro atoms. The van der Waals surface area contributed by atoms with E-state index in [1.54, 1.807) is 0 Å². The number of nitrogens with zero attached hydrogens (tertiary/aromatic N) is 1. The SMILES string of the molecule is CCCOC(=O)c1ccc(NS(=O)(=O)c2ccc([N+](=O)[O-])cc2)cc1. The van der Waals surface area contributed by atoms with Gasteiger partial charge in [0.1, 0.15) is 0 Å². The smallest absolute Gasteiger partial charge is 0.338 e. The lowest BCUT2D eigenvalue weighted by atomic mass is 10.2. The molecule has 132 valence electrons. The first-order valence-corrected chi connectivity index (χ1v) is 8.86. The fraction of sp³-hybridized carbons (Fsp3) is 0.188. The van der Waals surface area contributed by atoms with Crippen molar-refractivity contribution in [2.24, 2.45) is 0 Å². The molecule has 8 nitrogen and oxygen atoms in total. The van der Waals surface area contributed by atoms with Crippen LogP contribution in [0.4, 0.5) is 11.4 Å². The van der Waals surface area contributed by atoms with Crippen LogP contribution in [0.3, 0.4) is 0 Å². The molecular weight excluding hydrogens is 348 g/mol. The van der Waals surface area contributed by atoms with E-state index in [4.69, 9.17) is 4.74 Å². The molecule has 0 atom stereocenters. The van der Waals surface area contributed by atoms with Crippen molar-refractivity contribution in [3.05, 3.63) is 64.2 Å². The summed E-state index contributed by atoms with van der Waals surface area (Å²) in [6.07, 6.45) is 0.707. The summed E-state index contributed by atoms with van der Waals surface area (Å²) in [5.41, 5.74) is 0.367. The molecule has 2 aromatic carbocycles. The molecule has 0 heterocycles. The first-order valence-electron chi connectivity index (χ1n) is 7.38. The highest BCUT2D eigenvalue weighted by molar-refractivity contribution is 7.92. The Balaban J connectivity index is 2.12. The molecular formula is C16H16N2O6S. The molecule has 0 unspecified atom stereocenters. The summed E-state index contributed by atoms with van der Waals surface area (Å²) in [6.45, 7) is 2.19. The molecule has 25 heavy (non-hydrogen) atoms. The fourth-order valence-electron chi connectivity index (χ4n) is 1.91. The Morgan fingerprint density at radius 1 is 1.12 bits per heavy atom. The highest BCUT2D eigenvalue weighted by atomic mass is 32.2. The largest absolute Gasteiger partial charge is 0.462 e. The quantitative estimate of drug-likeness (QED) is 0.459. The summed E-state index contributed by atoms with van der Waals surface area (Å²) in [4.78, 5) is 21.6. The van der Waals surface area contributed by atoms with Crippen molar-refractivity contribution < 1.29 is 22.9 Å². The predicted molar refractivity (Wildman–Crippen MR) is 90.9 cm³/mol. The van der Waals surface area contributed by atoms with E-state index in [0.29, 0.717) is 18.6 Å². The van der Waals surface area contributed by atoms with E-state index in [2.05, 4.69) is 4.72 Å². The van der Waals surface area contributed by atoms with Gasteiger partial charge in [-0.05, 0) is 42.8 Å². The molecule has 0 radical (unpaired) electrons. The fourth-order valence-corrected chi connectivity index (χ4v) is 2.97. The van der Waals surface area contributed by atoms with E-state index in [-0.39, 0.29) is 16.3 Å². The standard InChI is InChI=1S/C16H16N2O6S/c1-2-11-24-16(19)12-3-5-13(6-4-12)17-25(22,23)15-9-7-14(8-10-15)18(20)21/h3-10,17H,2,11H2,1H3. The van der Waals surface area contributed by atoms with E-state index >= 15 is 0 Å². The number of hydrogen-bond acceptors (Lipinski definition) is 6. The van der Waals surface area contributed by atoms with Gasteiger partial charge in [0.2, 0.25) is 0 Å². The maximum Gasteiger partial charge on any atom is 0.338 e. The number of nitro groups is 1. The van der Waals surface area contributed by atoms with E-state index in [0.717, 1.165) is 24.3 Å². The van der Waals surface area contributed by atoms with E-state index < -0.39 is 20.9 Å². The number of nitro benzene ring substituents is 1. The summed E-state index contributed by atoms with van der Waals surface area (Å²) in [5.74, 6) is -0.480. The second kappa shape index (κ2) is 7.75. The Kier molecular flexibility index (Phi) is 5.71. The van der Waals surface area contributed by atoms with Crippen LogP contribution < -0.4 is 4.72 Å². The van der Waals surface area contributed by atoms with Crippen LogP contribution >= 0.6 is 0 Å². The monoisotopic (exact) mass is 364 g/mol. The van der Waals surface area contributed by atoms with Crippen molar-refractivity contribution in [3.8, 4) is 0 Å². The predicted octanol–water partition coefficient (Wildman–Crippen LogP) is 2.96. The molecule has 0 aliphatic heterocycles. The topological polar surface area (TPSA) is 116 Å². The Hall–Kier alpha value is -2.94. The van der Waals surface area contributed by atoms with Crippen LogP contribution in [0.15, 0.2) is 53.4 Å². The average molecular weight is 364 g/mol. The number of anilines is 1. The molecule has 0 saturated heterocycles. The van der Waals surface area contributed by atoms with Crippen molar-refractivity contribution >= 4 is 27.4 Å². The molecule has 0 aliphatic carbocycles. The van der Waals surface area contributed by atoms with Crippen LogP contribution in [0.1, 0.15) is 23.7 Å². The molecule has 0 saturated carbocycles. The first kappa shape index (κ1) is 18.4. The van der Waals surface area contributed by atoms with Crippen LogP contribution in [-0.4, -0.2) is 25.9 Å². The zero-order chi connectivity index (χ0) is 18.4. The normalized spacial score (nSPS) is 10.9. The Morgan fingerprint density at radius 3 is 2.24 bits per heavy atom. The molecule has 0 aromatic heterocycles. The number of rotatable bonds is 7. The second-order valence-electron chi connectivity index (χ2n) is 5.07. The molecule has 0 amide bonds. The van der Waals surface area contributed by atoms with Gasteiger partial charge in [-0.3, -0.25) is 14.8 Å². The minimum Gasteiger partial charge on any atom is -0.462 e. The third kappa shape index (κ3) is 4.77. The molecule has 0 aliphatic rings. The van der Waals surface area contributed by atoms with Crippen LogP contribution in [0.5, 0.6) is 0 Å². The Morgan fingerprint density at radius 2 is 1.72 bits per heavy atom. The molecule has 2 rings (SSSR count). The zero-order valence-electron chi connectivity index (χ0n) is 13.3. The van der Waals surface area contributed by atoms with Crippen molar-refractivity contribution in [1.29, 1.82) is 0 Å². The van der Waals surface area contributed by atoms with Crippen LogP contribution in [0.25, 0.3) is 0 Å². The number of benzene rings is 2. The number of esters is 1. The van der Waals surface area contributed by atoms with Gasteiger partial charge in [0, 0.05) is 17.8 Å². The number of hydrogen-bond donors (Lipinski definition) is 1.